The Morgan fingerprint density at radius 1 is 0.560 bits per heavy atom. The molecule has 2 saturated heterocycles. The minimum atomic E-state index is 0. The van der Waals surface area contributed by atoms with Gasteiger partial charge in [-0.05, 0) is 81.3 Å². The first-order chi connectivity index (χ1) is 10.5. The second-order valence-corrected chi connectivity index (χ2v) is 9.51. The van der Waals surface area contributed by atoms with Crippen LogP contribution in [0.25, 0.3) is 0 Å². The lowest BCUT2D eigenvalue weighted by Gasteiger charge is -2.43. The zero-order chi connectivity index (χ0) is 17.7. The molecule has 2 aliphatic heterocycles. The largest absolute Gasteiger partial charge is 0.298 e. The standard InChI is InChI=1S/C11H24N2.C9H19N.2CH4/c1-10(2)12-6-8-13(9-7-12)11(3,4)5;1-9(2,3)10-7-5-4-6-8-10;;/h10H,6-9H2,1-5H3;4-8H2,1-3H3;2*1H4. The summed E-state index contributed by atoms with van der Waals surface area (Å²) in [7, 11) is 0. The van der Waals surface area contributed by atoms with Crippen LogP contribution in [0, 0.1) is 0 Å². The quantitative estimate of drug-likeness (QED) is 0.626. The molecule has 3 heteroatoms. The minimum absolute atomic E-state index is 0. The molecule has 0 saturated carbocycles. The van der Waals surface area contributed by atoms with E-state index >= 15 is 0 Å². The zero-order valence-electron chi connectivity index (χ0n) is 17.3. The fourth-order valence-electron chi connectivity index (χ4n) is 3.47. The normalized spacial score (nSPS) is 21.0. The van der Waals surface area contributed by atoms with Crippen molar-refractivity contribution in [2.24, 2.45) is 0 Å². The molecular formula is C22H51N3. The van der Waals surface area contributed by atoms with Gasteiger partial charge >= 0.3 is 0 Å². The number of hydrogen-bond acceptors (Lipinski definition) is 3. The summed E-state index contributed by atoms with van der Waals surface area (Å²) in [6.45, 7) is 25.9. The fraction of sp³-hybridized carbons (Fsp3) is 1.00. The van der Waals surface area contributed by atoms with Crippen LogP contribution in [-0.4, -0.2) is 71.1 Å². The van der Waals surface area contributed by atoms with Crippen molar-refractivity contribution < 1.29 is 0 Å². The molecule has 0 aromatic carbocycles. The highest BCUT2D eigenvalue weighted by Gasteiger charge is 2.26. The van der Waals surface area contributed by atoms with Crippen molar-refractivity contribution in [2.45, 2.75) is 107 Å². The van der Waals surface area contributed by atoms with Crippen molar-refractivity contribution in [3.63, 3.8) is 0 Å². The van der Waals surface area contributed by atoms with Crippen LogP contribution >= 0.6 is 0 Å². The van der Waals surface area contributed by atoms with Gasteiger partial charge < -0.3 is 0 Å². The molecule has 25 heavy (non-hydrogen) atoms. The van der Waals surface area contributed by atoms with Crippen molar-refractivity contribution >= 4 is 0 Å². The molecular weight excluding hydrogens is 306 g/mol. The van der Waals surface area contributed by atoms with Crippen LogP contribution < -0.4 is 0 Å². The lowest BCUT2D eigenvalue weighted by Crippen LogP contribution is -2.54. The molecule has 2 fully saturated rings. The molecule has 0 amide bonds. The molecule has 3 nitrogen and oxygen atoms in total. The Hall–Kier alpha value is -0.120. The van der Waals surface area contributed by atoms with E-state index in [1.165, 1.54) is 58.5 Å². The van der Waals surface area contributed by atoms with E-state index in [0.717, 1.165) is 0 Å². The Balaban J connectivity index is 0. The number of nitrogens with zero attached hydrogens (tertiary/aromatic N) is 3. The molecule has 0 N–H and O–H groups in total. The summed E-state index contributed by atoms with van der Waals surface area (Å²) in [5.41, 5.74) is 0.753. The first-order valence-electron chi connectivity index (χ1n) is 9.76. The maximum absolute atomic E-state index is 2.58. The first-order valence-corrected chi connectivity index (χ1v) is 9.76. The lowest BCUT2D eigenvalue weighted by atomic mass is 10.0. The Bertz CT molecular complexity index is 311. The summed E-state index contributed by atoms with van der Waals surface area (Å²) >= 11 is 0. The number of hydrogen-bond donors (Lipinski definition) is 0. The third-order valence-electron chi connectivity index (χ3n) is 5.30. The molecule has 0 aromatic heterocycles. The topological polar surface area (TPSA) is 9.72 Å². The van der Waals surface area contributed by atoms with Crippen LogP contribution in [0.1, 0.15) is 89.5 Å². The van der Waals surface area contributed by atoms with Gasteiger partial charge in [0, 0.05) is 43.3 Å². The lowest BCUT2D eigenvalue weighted by molar-refractivity contribution is 0.0491. The van der Waals surface area contributed by atoms with Crippen LogP contribution in [0.5, 0.6) is 0 Å². The van der Waals surface area contributed by atoms with E-state index < -0.39 is 0 Å². The summed E-state index contributed by atoms with van der Waals surface area (Å²) in [6, 6.07) is 0.710. The van der Waals surface area contributed by atoms with E-state index in [1.807, 2.05) is 0 Å². The van der Waals surface area contributed by atoms with Crippen molar-refractivity contribution in [1.82, 2.24) is 14.7 Å². The smallest absolute Gasteiger partial charge is 0.0126 e. The second kappa shape index (κ2) is 11.6. The van der Waals surface area contributed by atoms with Gasteiger partial charge in [-0.1, -0.05) is 21.3 Å². The van der Waals surface area contributed by atoms with Crippen LogP contribution in [0.3, 0.4) is 0 Å². The van der Waals surface area contributed by atoms with Gasteiger partial charge in [0.1, 0.15) is 0 Å². The summed E-state index contributed by atoms with van der Waals surface area (Å²) in [5, 5.41) is 0. The van der Waals surface area contributed by atoms with E-state index in [0.29, 0.717) is 17.1 Å². The molecule has 2 heterocycles. The van der Waals surface area contributed by atoms with Gasteiger partial charge in [0.15, 0.2) is 0 Å². The predicted molar refractivity (Wildman–Crippen MR) is 117 cm³/mol. The predicted octanol–water partition coefficient (Wildman–Crippen LogP) is 5.35. The highest BCUT2D eigenvalue weighted by molar-refractivity contribution is 4.82. The van der Waals surface area contributed by atoms with Crippen molar-refractivity contribution in [3.8, 4) is 0 Å². The molecule has 0 aromatic rings. The van der Waals surface area contributed by atoms with Gasteiger partial charge in [0.2, 0.25) is 0 Å². The third-order valence-corrected chi connectivity index (χ3v) is 5.30. The van der Waals surface area contributed by atoms with E-state index in [1.54, 1.807) is 0 Å². The Morgan fingerprint density at radius 3 is 1.20 bits per heavy atom. The highest BCUT2D eigenvalue weighted by Crippen LogP contribution is 2.19. The van der Waals surface area contributed by atoms with Crippen molar-refractivity contribution in [1.29, 1.82) is 0 Å². The van der Waals surface area contributed by atoms with Gasteiger partial charge in [-0.3, -0.25) is 14.7 Å². The van der Waals surface area contributed by atoms with Gasteiger partial charge in [-0.2, -0.15) is 0 Å². The molecule has 0 spiro atoms. The summed E-state index contributed by atoms with van der Waals surface area (Å²) in [4.78, 5) is 7.71. The minimum Gasteiger partial charge on any atom is -0.298 e. The van der Waals surface area contributed by atoms with Crippen LogP contribution in [0.15, 0.2) is 0 Å². The number of likely N-dealkylation sites (tertiary alicyclic amines) is 1. The van der Waals surface area contributed by atoms with Gasteiger partial charge in [-0.15, -0.1) is 0 Å². The van der Waals surface area contributed by atoms with Crippen LogP contribution in [0.4, 0.5) is 0 Å². The fourth-order valence-corrected chi connectivity index (χ4v) is 3.47. The molecule has 0 atom stereocenters. The average molecular weight is 358 g/mol. The number of rotatable bonds is 1. The zero-order valence-corrected chi connectivity index (χ0v) is 17.3. The van der Waals surface area contributed by atoms with Crippen LogP contribution in [-0.2, 0) is 0 Å². The van der Waals surface area contributed by atoms with Gasteiger partial charge in [0.05, 0.1) is 0 Å². The van der Waals surface area contributed by atoms with Gasteiger partial charge in [-0.25, -0.2) is 0 Å². The Labute approximate surface area is 161 Å². The molecule has 2 aliphatic rings. The monoisotopic (exact) mass is 357 g/mol. The van der Waals surface area contributed by atoms with Gasteiger partial charge in [0.25, 0.3) is 0 Å². The Morgan fingerprint density at radius 2 is 0.920 bits per heavy atom. The van der Waals surface area contributed by atoms with E-state index in [9.17, 15) is 0 Å². The maximum atomic E-state index is 2.58. The SMILES string of the molecule is C.C.CC(C)(C)N1CCCCC1.CC(C)N1CCN(C(C)(C)C)CC1. The highest BCUT2D eigenvalue weighted by atomic mass is 15.3. The molecule has 154 valence electrons. The van der Waals surface area contributed by atoms with E-state index in [-0.39, 0.29) is 14.9 Å². The summed E-state index contributed by atoms with van der Waals surface area (Å²) in [6.07, 6.45) is 4.24. The van der Waals surface area contributed by atoms with Crippen molar-refractivity contribution in [2.75, 3.05) is 39.3 Å². The average Bonchev–Trinajstić information content (AvgIpc) is 2.47. The van der Waals surface area contributed by atoms with E-state index in [4.69, 9.17) is 0 Å². The summed E-state index contributed by atoms with van der Waals surface area (Å²) in [5.74, 6) is 0. The molecule has 0 aliphatic carbocycles. The van der Waals surface area contributed by atoms with E-state index in [2.05, 4.69) is 70.1 Å². The maximum Gasteiger partial charge on any atom is 0.0126 e. The number of piperidine rings is 1. The first kappa shape index (κ1) is 27.1. The molecule has 2 rings (SSSR count). The summed E-state index contributed by atoms with van der Waals surface area (Å²) < 4.78 is 0. The molecule has 0 unspecified atom stereocenters. The second-order valence-electron chi connectivity index (χ2n) is 9.51. The Kier molecular flexibility index (Phi) is 12.5. The molecule has 0 bridgehead atoms. The third kappa shape index (κ3) is 9.96. The van der Waals surface area contributed by atoms with Crippen molar-refractivity contribution in [3.05, 3.63) is 0 Å². The van der Waals surface area contributed by atoms with Crippen LogP contribution in [0.2, 0.25) is 0 Å². The number of piperazine rings is 1. The molecule has 0 radical (unpaired) electrons.